The molecule has 0 spiro atoms. The molecule has 2 rings (SSSR count). The summed E-state index contributed by atoms with van der Waals surface area (Å²) in [5.41, 5.74) is 2.05. The predicted octanol–water partition coefficient (Wildman–Crippen LogP) is 3.50. The average Bonchev–Trinajstić information content (AvgIpc) is 3.07. The zero-order chi connectivity index (χ0) is 18.3. The first-order chi connectivity index (χ1) is 11.9. The van der Waals surface area contributed by atoms with Crippen molar-refractivity contribution in [3.63, 3.8) is 0 Å². The fourth-order valence-corrected chi connectivity index (χ4v) is 2.69. The normalized spacial score (nSPS) is 17.2. The Morgan fingerprint density at radius 3 is 3.04 bits per heavy atom. The molecule has 0 unspecified atom stereocenters. The van der Waals surface area contributed by atoms with Crippen LogP contribution in [0.15, 0.2) is 35.0 Å². The Labute approximate surface area is 156 Å². The number of allylic oxidation sites excluding steroid dienone is 2. The lowest BCUT2D eigenvalue weighted by Gasteiger charge is -2.28. The standard InChI is InChI=1S/C18H22BrN5O/c1-18(2)7-5-13(6-8-18)11-22-15(19)4-3-9-21-17(25)16-23-12-14(10-20)24-16/h3-5,12H,6-9,11H2,1-2H3,(H,21,25)(H,23,24)/b4-3-,22-15+. The minimum absolute atomic E-state index is 0.129. The number of aliphatic imine (C=N–C) groups is 1. The van der Waals surface area contributed by atoms with Gasteiger partial charge in [-0.15, -0.1) is 0 Å². The molecule has 0 aliphatic heterocycles. The molecule has 2 N–H and O–H groups in total. The molecule has 1 aromatic rings. The van der Waals surface area contributed by atoms with Crippen LogP contribution in [-0.4, -0.2) is 33.6 Å². The number of halogens is 1. The quantitative estimate of drug-likeness (QED) is 0.561. The van der Waals surface area contributed by atoms with Gasteiger partial charge in [0.2, 0.25) is 0 Å². The van der Waals surface area contributed by atoms with Gasteiger partial charge in [0.05, 0.1) is 12.7 Å². The van der Waals surface area contributed by atoms with Crippen molar-refractivity contribution >= 4 is 26.5 Å². The van der Waals surface area contributed by atoms with Crippen molar-refractivity contribution in [3.8, 4) is 6.07 Å². The number of aromatic nitrogens is 2. The lowest BCUT2D eigenvalue weighted by molar-refractivity contribution is 0.0948. The van der Waals surface area contributed by atoms with Gasteiger partial charge in [0, 0.05) is 6.54 Å². The molecule has 25 heavy (non-hydrogen) atoms. The highest BCUT2D eigenvalue weighted by molar-refractivity contribution is 9.18. The summed E-state index contributed by atoms with van der Waals surface area (Å²) in [6.45, 7) is 5.64. The van der Waals surface area contributed by atoms with Crippen LogP contribution in [0.4, 0.5) is 0 Å². The first-order valence-corrected chi connectivity index (χ1v) is 8.96. The number of aromatic amines is 1. The van der Waals surface area contributed by atoms with Crippen molar-refractivity contribution in [2.24, 2.45) is 10.4 Å². The molecule has 0 bridgehead atoms. The minimum atomic E-state index is -0.353. The van der Waals surface area contributed by atoms with Crippen LogP contribution in [0.25, 0.3) is 0 Å². The summed E-state index contributed by atoms with van der Waals surface area (Å²) in [5.74, 6) is -0.223. The summed E-state index contributed by atoms with van der Waals surface area (Å²) < 4.78 is 0.747. The van der Waals surface area contributed by atoms with Gasteiger partial charge in [-0.2, -0.15) is 5.26 Å². The highest BCUT2D eigenvalue weighted by atomic mass is 79.9. The van der Waals surface area contributed by atoms with Crippen LogP contribution in [0.3, 0.4) is 0 Å². The summed E-state index contributed by atoms with van der Waals surface area (Å²) in [6.07, 6.45) is 10.7. The average molecular weight is 404 g/mol. The van der Waals surface area contributed by atoms with Gasteiger partial charge in [-0.3, -0.25) is 9.79 Å². The largest absolute Gasteiger partial charge is 0.346 e. The molecule has 0 atom stereocenters. The second kappa shape index (κ2) is 8.77. The van der Waals surface area contributed by atoms with E-state index in [4.69, 9.17) is 5.26 Å². The Kier molecular flexibility index (Phi) is 6.71. The molecule has 0 aromatic carbocycles. The van der Waals surface area contributed by atoms with Gasteiger partial charge in [0.25, 0.3) is 5.91 Å². The van der Waals surface area contributed by atoms with Crippen molar-refractivity contribution in [2.75, 3.05) is 13.1 Å². The molecule has 1 aromatic heterocycles. The lowest BCUT2D eigenvalue weighted by Crippen LogP contribution is -2.24. The van der Waals surface area contributed by atoms with E-state index in [0.717, 1.165) is 17.5 Å². The van der Waals surface area contributed by atoms with Gasteiger partial charge in [-0.05, 0) is 46.7 Å². The Hall–Kier alpha value is -2.20. The molecule has 132 valence electrons. The molecule has 0 saturated heterocycles. The number of hydrogen-bond donors (Lipinski definition) is 2. The second-order valence-corrected chi connectivity index (χ2v) is 7.55. The highest BCUT2D eigenvalue weighted by Crippen LogP contribution is 2.34. The van der Waals surface area contributed by atoms with Gasteiger partial charge in [-0.1, -0.05) is 31.6 Å². The third-order valence-corrected chi connectivity index (χ3v) is 4.56. The number of imidazole rings is 1. The summed E-state index contributed by atoms with van der Waals surface area (Å²) in [4.78, 5) is 22.8. The number of nitrogens with one attached hydrogen (secondary N) is 2. The topological polar surface area (TPSA) is 93.9 Å². The maximum atomic E-state index is 11.8. The molecule has 1 aliphatic carbocycles. The van der Waals surface area contributed by atoms with Crippen molar-refractivity contribution in [1.82, 2.24) is 15.3 Å². The van der Waals surface area contributed by atoms with Gasteiger partial charge < -0.3 is 10.3 Å². The zero-order valence-corrected chi connectivity index (χ0v) is 16.1. The molecule has 1 amide bonds. The number of nitrogens with zero attached hydrogens (tertiary/aromatic N) is 3. The van der Waals surface area contributed by atoms with Crippen LogP contribution in [0.5, 0.6) is 0 Å². The van der Waals surface area contributed by atoms with Crippen LogP contribution < -0.4 is 5.32 Å². The van der Waals surface area contributed by atoms with E-state index in [2.05, 4.69) is 56.1 Å². The van der Waals surface area contributed by atoms with E-state index in [1.165, 1.54) is 18.2 Å². The van der Waals surface area contributed by atoms with Crippen molar-refractivity contribution in [1.29, 1.82) is 5.26 Å². The van der Waals surface area contributed by atoms with Crippen molar-refractivity contribution < 1.29 is 4.79 Å². The van der Waals surface area contributed by atoms with E-state index in [-0.39, 0.29) is 17.4 Å². The predicted molar refractivity (Wildman–Crippen MR) is 102 cm³/mol. The molecule has 1 heterocycles. The minimum Gasteiger partial charge on any atom is -0.346 e. The Balaban J connectivity index is 1.75. The first kappa shape index (κ1) is 19.1. The second-order valence-electron chi connectivity index (χ2n) is 6.74. The molecular weight excluding hydrogens is 382 g/mol. The molecule has 7 heteroatoms. The van der Waals surface area contributed by atoms with E-state index >= 15 is 0 Å². The fourth-order valence-electron chi connectivity index (χ4n) is 2.38. The number of carbonyl (C=O) groups excluding carboxylic acids is 1. The van der Waals surface area contributed by atoms with Crippen LogP contribution in [0.2, 0.25) is 0 Å². The number of carbonyl (C=O) groups is 1. The van der Waals surface area contributed by atoms with Gasteiger partial charge in [0.1, 0.15) is 16.4 Å². The number of amides is 1. The Morgan fingerprint density at radius 1 is 1.60 bits per heavy atom. The van der Waals surface area contributed by atoms with E-state index in [0.29, 0.717) is 18.5 Å². The fraction of sp³-hybridized carbons (Fsp3) is 0.444. The van der Waals surface area contributed by atoms with Crippen LogP contribution in [-0.2, 0) is 0 Å². The molecule has 1 aliphatic rings. The summed E-state index contributed by atoms with van der Waals surface area (Å²) in [5, 5.41) is 11.4. The van der Waals surface area contributed by atoms with Crippen molar-refractivity contribution in [2.45, 2.75) is 33.1 Å². The van der Waals surface area contributed by atoms with E-state index in [1.807, 2.05) is 12.1 Å². The molecular formula is C18H22BrN5O. The van der Waals surface area contributed by atoms with E-state index < -0.39 is 0 Å². The molecule has 0 saturated carbocycles. The smallest absolute Gasteiger partial charge is 0.287 e. The van der Waals surface area contributed by atoms with Gasteiger partial charge in [-0.25, -0.2) is 4.98 Å². The number of H-pyrrole nitrogens is 1. The molecule has 0 radical (unpaired) electrons. The van der Waals surface area contributed by atoms with E-state index in [9.17, 15) is 4.79 Å². The highest BCUT2D eigenvalue weighted by Gasteiger charge is 2.20. The Morgan fingerprint density at radius 2 is 2.40 bits per heavy atom. The SMILES string of the molecule is CC1(C)CC=C(C/N=C(Br)\C=C/CNC(=O)c2ncc(C#N)[nH]2)CC1. The van der Waals surface area contributed by atoms with Crippen LogP contribution >= 0.6 is 15.9 Å². The van der Waals surface area contributed by atoms with Gasteiger partial charge in [0.15, 0.2) is 5.82 Å². The molecule has 6 nitrogen and oxygen atoms in total. The Bertz CT molecular complexity index is 752. The monoisotopic (exact) mass is 403 g/mol. The van der Waals surface area contributed by atoms with Gasteiger partial charge >= 0.3 is 0 Å². The summed E-state index contributed by atoms with van der Waals surface area (Å²) in [6, 6.07) is 1.89. The van der Waals surface area contributed by atoms with Crippen LogP contribution in [0, 0.1) is 16.7 Å². The van der Waals surface area contributed by atoms with E-state index in [1.54, 1.807) is 6.08 Å². The maximum Gasteiger partial charge on any atom is 0.287 e. The van der Waals surface area contributed by atoms with Crippen molar-refractivity contribution in [3.05, 3.63) is 41.5 Å². The third kappa shape index (κ3) is 6.31. The summed E-state index contributed by atoms with van der Waals surface area (Å²) in [7, 11) is 0. The number of nitriles is 1. The third-order valence-electron chi connectivity index (χ3n) is 4.05. The number of rotatable bonds is 6. The zero-order valence-electron chi connectivity index (χ0n) is 14.5. The maximum absolute atomic E-state index is 11.8. The van der Waals surface area contributed by atoms with Crippen LogP contribution in [0.1, 0.15) is 49.4 Å². The first-order valence-electron chi connectivity index (χ1n) is 8.17. The number of hydrogen-bond acceptors (Lipinski definition) is 4. The lowest BCUT2D eigenvalue weighted by atomic mass is 9.78. The summed E-state index contributed by atoms with van der Waals surface area (Å²) >= 11 is 3.42. The molecule has 0 fully saturated rings.